The fourth-order valence-electron chi connectivity index (χ4n) is 3.23. The molecule has 1 heterocycles. The van der Waals surface area contributed by atoms with Gasteiger partial charge < -0.3 is 24.8 Å². The minimum absolute atomic E-state index is 0. The predicted octanol–water partition coefficient (Wildman–Crippen LogP) is 3.86. The van der Waals surface area contributed by atoms with Crippen LogP contribution in [-0.2, 0) is 22.5 Å². The van der Waals surface area contributed by atoms with Crippen molar-refractivity contribution in [1.82, 2.24) is 10.6 Å². The first-order chi connectivity index (χ1) is 13.5. The van der Waals surface area contributed by atoms with Gasteiger partial charge in [-0.1, -0.05) is 13.8 Å². The molecule has 1 aliphatic heterocycles. The molecule has 1 atom stereocenters. The van der Waals surface area contributed by atoms with Gasteiger partial charge in [0.15, 0.2) is 12.8 Å². The molecule has 0 radical (unpaired) electrons. The molecule has 0 amide bonds. The third kappa shape index (κ3) is 8.64. The Morgan fingerprint density at radius 1 is 1.28 bits per heavy atom. The summed E-state index contributed by atoms with van der Waals surface area (Å²) in [7, 11) is 0. The lowest BCUT2D eigenvalue weighted by Gasteiger charge is -2.21. The molecule has 0 bridgehead atoms. The van der Waals surface area contributed by atoms with Crippen LogP contribution in [0.15, 0.2) is 17.1 Å². The van der Waals surface area contributed by atoms with Gasteiger partial charge in [-0.05, 0) is 50.3 Å². The van der Waals surface area contributed by atoms with Crippen molar-refractivity contribution in [2.45, 2.75) is 53.2 Å². The third-order valence-electron chi connectivity index (χ3n) is 4.59. The van der Waals surface area contributed by atoms with Crippen molar-refractivity contribution in [3.05, 3.63) is 29.1 Å². The van der Waals surface area contributed by atoms with Crippen LogP contribution in [0, 0.1) is 11.7 Å². The van der Waals surface area contributed by atoms with E-state index in [9.17, 15) is 4.39 Å². The van der Waals surface area contributed by atoms with Crippen LogP contribution >= 0.6 is 24.0 Å². The van der Waals surface area contributed by atoms with Gasteiger partial charge >= 0.3 is 0 Å². The van der Waals surface area contributed by atoms with Gasteiger partial charge in [-0.2, -0.15) is 0 Å². The maximum atomic E-state index is 13.9. The molecule has 0 saturated heterocycles. The van der Waals surface area contributed by atoms with Gasteiger partial charge in [-0.25, -0.2) is 4.39 Å². The number of fused-ring (bicyclic) bond motifs is 1. The van der Waals surface area contributed by atoms with Crippen LogP contribution in [-0.4, -0.2) is 45.1 Å². The molecule has 0 spiro atoms. The highest BCUT2D eigenvalue weighted by Crippen LogP contribution is 2.29. The molecule has 2 N–H and O–H groups in total. The summed E-state index contributed by atoms with van der Waals surface area (Å²) in [6.07, 6.45) is 1.74. The van der Waals surface area contributed by atoms with E-state index in [4.69, 9.17) is 14.2 Å². The van der Waals surface area contributed by atoms with Crippen LogP contribution in [0.3, 0.4) is 0 Å². The summed E-state index contributed by atoms with van der Waals surface area (Å²) in [5.41, 5.74) is 1.61. The van der Waals surface area contributed by atoms with Crippen molar-refractivity contribution in [3.63, 3.8) is 0 Å². The van der Waals surface area contributed by atoms with Crippen molar-refractivity contribution < 1.29 is 18.6 Å². The summed E-state index contributed by atoms with van der Waals surface area (Å²) in [5, 5.41) is 6.57. The second kappa shape index (κ2) is 14.0. The van der Waals surface area contributed by atoms with E-state index in [1.54, 1.807) is 0 Å². The number of rotatable bonds is 10. The Balaban J connectivity index is 0.00000420. The minimum Gasteiger partial charge on any atom is -0.467 e. The molecule has 29 heavy (non-hydrogen) atoms. The van der Waals surface area contributed by atoms with E-state index >= 15 is 0 Å². The fourth-order valence-corrected chi connectivity index (χ4v) is 3.23. The number of benzene rings is 1. The van der Waals surface area contributed by atoms with Gasteiger partial charge in [0.1, 0.15) is 11.6 Å². The molecule has 8 heteroatoms. The predicted molar refractivity (Wildman–Crippen MR) is 125 cm³/mol. The SMILES string of the molecule is CCNC(=NCCC(OCC)C(C)C)NCCc1cc(F)cc2c1OCOC2.I. The molecular weight excluding hydrogens is 488 g/mol. The molecule has 6 nitrogen and oxygen atoms in total. The number of aliphatic imine (C=N–C) groups is 1. The normalized spacial score (nSPS) is 14.6. The Morgan fingerprint density at radius 3 is 2.76 bits per heavy atom. The number of guanidine groups is 1. The van der Waals surface area contributed by atoms with Gasteiger partial charge in [0.2, 0.25) is 0 Å². The Hall–Kier alpha value is -1.13. The number of ether oxygens (including phenoxy) is 3. The highest BCUT2D eigenvalue weighted by atomic mass is 127. The molecule has 1 aliphatic rings. The number of nitrogens with one attached hydrogen (secondary N) is 2. The van der Waals surface area contributed by atoms with Crippen molar-refractivity contribution in [3.8, 4) is 5.75 Å². The average molecular weight is 523 g/mol. The largest absolute Gasteiger partial charge is 0.467 e. The van der Waals surface area contributed by atoms with E-state index in [2.05, 4.69) is 29.5 Å². The first-order valence-electron chi connectivity index (χ1n) is 10.2. The van der Waals surface area contributed by atoms with Crippen molar-refractivity contribution in [2.24, 2.45) is 10.9 Å². The molecule has 166 valence electrons. The smallest absolute Gasteiger partial charge is 0.191 e. The van der Waals surface area contributed by atoms with E-state index in [0.717, 1.165) is 42.4 Å². The summed E-state index contributed by atoms with van der Waals surface area (Å²) >= 11 is 0. The molecule has 0 aliphatic carbocycles. The van der Waals surface area contributed by atoms with Crippen LogP contribution in [0.1, 0.15) is 45.2 Å². The maximum Gasteiger partial charge on any atom is 0.191 e. The summed E-state index contributed by atoms with van der Waals surface area (Å²) in [5.74, 6) is 1.71. The molecule has 1 unspecified atom stereocenters. The number of halogens is 2. The van der Waals surface area contributed by atoms with Crippen LogP contribution in [0.2, 0.25) is 0 Å². The molecular formula is C21H35FIN3O3. The van der Waals surface area contributed by atoms with Gasteiger partial charge in [0, 0.05) is 31.8 Å². The lowest BCUT2D eigenvalue weighted by atomic mass is 10.0. The molecule has 0 aromatic heterocycles. The zero-order valence-corrected chi connectivity index (χ0v) is 20.3. The zero-order valence-electron chi connectivity index (χ0n) is 17.9. The van der Waals surface area contributed by atoms with Crippen LogP contribution in [0.4, 0.5) is 4.39 Å². The Kier molecular flexibility index (Phi) is 12.5. The lowest BCUT2D eigenvalue weighted by molar-refractivity contribution is -0.0172. The molecule has 1 aromatic rings. The van der Waals surface area contributed by atoms with Crippen molar-refractivity contribution in [2.75, 3.05) is 33.0 Å². The first-order valence-corrected chi connectivity index (χ1v) is 10.2. The average Bonchev–Trinajstić information content (AvgIpc) is 2.67. The minimum atomic E-state index is -0.265. The van der Waals surface area contributed by atoms with E-state index < -0.39 is 0 Å². The zero-order chi connectivity index (χ0) is 20.4. The number of hydrogen-bond acceptors (Lipinski definition) is 4. The van der Waals surface area contributed by atoms with Crippen molar-refractivity contribution in [1.29, 1.82) is 0 Å². The maximum absolute atomic E-state index is 13.9. The number of nitrogens with zero attached hydrogens (tertiary/aromatic N) is 1. The van der Waals surface area contributed by atoms with E-state index in [1.807, 2.05) is 13.8 Å². The fraction of sp³-hybridized carbons (Fsp3) is 0.667. The number of hydrogen-bond donors (Lipinski definition) is 2. The molecule has 0 fully saturated rings. The van der Waals surface area contributed by atoms with Gasteiger partial charge in [0.25, 0.3) is 0 Å². The lowest BCUT2D eigenvalue weighted by Crippen LogP contribution is -2.38. The third-order valence-corrected chi connectivity index (χ3v) is 4.59. The molecule has 1 aromatic carbocycles. The second-order valence-corrected chi connectivity index (χ2v) is 7.13. The Bertz CT molecular complexity index is 644. The quantitative estimate of drug-likeness (QED) is 0.277. The van der Waals surface area contributed by atoms with Gasteiger partial charge in [0.05, 0.1) is 12.7 Å². The highest BCUT2D eigenvalue weighted by molar-refractivity contribution is 14.0. The van der Waals surface area contributed by atoms with E-state index in [0.29, 0.717) is 32.0 Å². The Morgan fingerprint density at radius 2 is 2.07 bits per heavy atom. The van der Waals surface area contributed by atoms with Crippen molar-refractivity contribution >= 4 is 29.9 Å². The van der Waals surface area contributed by atoms with E-state index in [-0.39, 0.29) is 42.7 Å². The van der Waals surface area contributed by atoms with Crippen LogP contribution in [0.5, 0.6) is 5.75 Å². The second-order valence-electron chi connectivity index (χ2n) is 7.13. The van der Waals surface area contributed by atoms with Crippen LogP contribution in [0.25, 0.3) is 0 Å². The standard InChI is InChI=1S/C21H34FN3O3.HI/c1-5-23-21(25-10-8-19(15(3)4)27-6-2)24-9-7-16-11-18(22)12-17-13-26-14-28-20(16)17;/h11-12,15,19H,5-10,13-14H2,1-4H3,(H2,23,24,25);1H. The summed E-state index contributed by atoms with van der Waals surface area (Å²) in [6.45, 7) is 11.8. The summed E-state index contributed by atoms with van der Waals surface area (Å²) in [4.78, 5) is 4.64. The topological polar surface area (TPSA) is 64.1 Å². The van der Waals surface area contributed by atoms with E-state index in [1.165, 1.54) is 12.1 Å². The van der Waals surface area contributed by atoms with Crippen LogP contribution < -0.4 is 15.4 Å². The highest BCUT2D eigenvalue weighted by Gasteiger charge is 2.17. The Labute approximate surface area is 191 Å². The summed E-state index contributed by atoms with van der Waals surface area (Å²) in [6, 6.07) is 3.01. The molecule has 0 saturated carbocycles. The monoisotopic (exact) mass is 523 g/mol. The summed E-state index contributed by atoms with van der Waals surface area (Å²) < 4.78 is 30.4. The van der Waals surface area contributed by atoms with Gasteiger partial charge in [-0.15, -0.1) is 24.0 Å². The van der Waals surface area contributed by atoms with Gasteiger partial charge in [-0.3, -0.25) is 4.99 Å². The molecule has 2 rings (SSSR count). The first kappa shape index (κ1) is 25.9.